The van der Waals surface area contributed by atoms with Crippen molar-refractivity contribution in [2.24, 2.45) is 0 Å². The van der Waals surface area contributed by atoms with Crippen molar-refractivity contribution in [3.8, 4) is 0 Å². The highest BCUT2D eigenvalue weighted by atomic mass is 16.6. The van der Waals surface area contributed by atoms with Gasteiger partial charge in [-0.15, -0.1) is 0 Å². The van der Waals surface area contributed by atoms with Gasteiger partial charge in [-0.1, -0.05) is 0 Å². The van der Waals surface area contributed by atoms with Crippen molar-refractivity contribution in [1.82, 2.24) is 0 Å². The van der Waals surface area contributed by atoms with E-state index in [9.17, 15) is 51.1 Å². The monoisotopic (exact) mass is 454 g/mol. The second kappa shape index (κ2) is 9.23. The lowest BCUT2D eigenvalue weighted by atomic mass is 9.85. The molecule has 0 aromatic carbocycles. The molecule has 0 saturated carbocycles. The summed E-state index contributed by atoms with van der Waals surface area (Å²) in [6.45, 7) is -3.15. The van der Waals surface area contributed by atoms with E-state index in [0.29, 0.717) is 0 Å². The molecule has 3 aliphatic heterocycles. The minimum absolute atomic E-state index is 0.718. The molecule has 2 fully saturated rings. The van der Waals surface area contributed by atoms with Crippen LogP contribution in [0.1, 0.15) is 0 Å². The maximum atomic E-state index is 10.4. The number of rotatable bonds is 6. The maximum absolute atomic E-state index is 10.4. The Kier molecular flexibility index (Phi) is 7.40. The van der Waals surface area contributed by atoms with Crippen LogP contribution < -0.4 is 0 Å². The molecule has 0 radical (unpaired) electrons. The fourth-order valence-electron chi connectivity index (χ4n) is 4.37. The summed E-state index contributed by atoms with van der Waals surface area (Å²) < 4.78 is 16.8. The molecule has 0 amide bonds. The molecule has 180 valence electrons. The molecule has 31 heavy (non-hydrogen) atoms. The zero-order chi connectivity index (χ0) is 23.1. The van der Waals surface area contributed by atoms with Crippen LogP contribution in [0.15, 0.2) is 12.2 Å². The number of aliphatic hydroxyl groups is 10. The average molecular weight is 454 g/mol. The topological polar surface area (TPSA) is 230 Å². The lowest BCUT2D eigenvalue weighted by Crippen LogP contribution is -2.69. The fraction of sp³-hybridized carbons (Fsp3) is 0.889. The third-order valence-electron chi connectivity index (χ3n) is 6.27. The summed E-state index contributed by atoms with van der Waals surface area (Å²) in [6, 6.07) is 0. The summed E-state index contributed by atoms with van der Waals surface area (Å²) in [5.74, 6) is 0. The van der Waals surface area contributed by atoms with Gasteiger partial charge in [0.15, 0.2) is 0 Å². The SMILES string of the molecule is OC[C@H]1OC(C2(CO)C=CC(CO)(C3O[C@H](CO)[C@H](O)[C@H](O)[C@H]3O)O2)[C@H](O)[C@@H](O)[C@H]1O. The molecule has 2 saturated heterocycles. The molecule has 3 rings (SSSR count). The second-order valence-corrected chi connectivity index (χ2v) is 8.16. The van der Waals surface area contributed by atoms with E-state index in [2.05, 4.69) is 0 Å². The van der Waals surface area contributed by atoms with Crippen molar-refractivity contribution in [1.29, 1.82) is 0 Å². The van der Waals surface area contributed by atoms with Crippen LogP contribution >= 0.6 is 0 Å². The summed E-state index contributed by atoms with van der Waals surface area (Å²) in [4.78, 5) is 0. The Morgan fingerprint density at radius 2 is 0.903 bits per heavy atom. The van der Waals surface area contributed by atoms with E-state index in [0.717, 1.165) is 0 Å². The van der Waals surface area contributed by atoms with Gasteiger partial charge in [-0.3, -0.25) is 0 Å². The molecule has 13 nitrogen and oxygen atoms in total. The Bertz CT molecular complexity index is 592. The minimum Gasteiger partial charge on any atom is -0.394 e. The van der Waals surface area contributed by atoms with Gasteiger partial charge in [0.2, 0.25) is 0 Å². The highest BCUT2D eigenvalue weighted by Gasteiger charge is 2.62. The smallest absolute Gasteiger partial charge is 0.139 e. The normalized spacial score (nSPS) is 53.1. The first kappa shape index (κ1) is 24.9. The predicted octanol–water partition coefficient (Wildman–Crippen LogP) is -6.28. The van der Waals surface area contributed by atoms with E-state index in [4.69, 9.17) is 14.2 Å². The lowest BCUT2D eigenvalue weighted by Gasteiger charge is -2.50. The van der Waals surface area contributed by atoms with Crippen molar-refractivity contribution >= 4 is 0 Å². The maximum Gasteiger partial charge on any atom is 0.139 e. The van der Waals surface area contributed by atoms with Crippen molar-refractivity contribution in [2.45, 2.75) is 72.2 Å². The third-order valence-corrected chi connectivity index (χ3v) is 6.27. The van der Waals surface area contributed by atoms with E-state index in [1.165, 1.54) is 12.2 Å². The van der Waals surface area contributed by atoms with Crippen molar-refractivity contribution in [3.05, 3.63) is 12.2 Å². The number of ether oxygens (including phenoxy) is 3. The van der Waals surface area contributed by atoms with Crippen LogP contribution in [0, 0.1) is 0 Å². The first-order valence-electron chi connectivity index (χ1n) is 9.84. The third kappa shape index (κ3) is 3.93. The van der Waals surface area contributed by atoms with Gasteiger partial charge < -0.3 is 65.3 Å². The van der Waals surface area contributed by atoms with Gasteiger partial charge in [0.1, 0.15) is 72.2 Å². The van der Waals surface area contributed by atoms with E-state index in [-0.39, 0.29) is 0 Å². The highest BCUT2D eigenvalue weighted by molar-refractivity contribution is 5.26. The zero-order valence-electron chi connectivity index (χ0n) is 16.5. The summed E-state index contributed by atoms with van der Waals surface area (Å²) >= 11 is 0. The molecule has 3 heterocycles. The molecule has 0 aromatic rings. The molecular weight excluding hydrogens is 424 g/mol. The number of aliphatic hydroxyl groups excluding tert-OH is 10. The van der Waals surface area contributed by atoms with Crippen LogP contribution in [0.3, 0.4) is 0 Å². The second-order valence-electron chi connectivity index (χ2n) is 8.16. The van der Waals surface area contributed by atoms with Crippen LogP contribution in [-0.2, 0) is 14.2 Å². The number of hydrogen-bond donors (Lipinski definition) is 10. The van der Waals surface area contributed by atoms with Gasteiger partial charge in [0.25, 0.3) is 0 Å². The van der Waals surface area contributed by atoms with Gasteiger partial charge >= 0.3 is 0 Å². The summed E-state index contributed by atoms with van der Waals surface area (Å²) in [5.41, 5.74) is -3.84. The molecule has 0 spiro atoms. The summed E-state index contributed by atoms with van der Waals surface area (Å²) in [5, 5.41) is 100. The average Bonchev–Trinajstić information content (AvgIpc) is 3.17. The summed E-state index contributed by atoms with van der Waals surface area (Å²) in [6.07, 6.45) is -13.6. The number of hydrogen-bond acceptors (Lipinski definition) is 13. The van der Waals surface area contributed by atoms with Gasteiger partial charge in [-0.2, -0.15) is 0 Å². The van der Waals surface area contributed by atoms with Crippen molar-refractivity contribution in [2.75, 3.05) is 26.4 Å². The lowest BCUT2D eigenvalue weighted by molar-refractivity contribution is -0.313. The Hall–Kier alpha value is -0.780. The Labute approximate surface area is 177 Å². The summed E-state index contributed by atoms with van der Waals surface area (Å²) in [7, 11) is 0. The Morgan fingerprint density at radius 3 is 1.19 bits per heavy atom. The molecule has 12 atom stereocenters. The van der Waals surface area contributed by atoms with Gasteiger partial charge in [-0.05, 0) is 12.2 Å². The van der Waals surface area contributed by atoms with E-state index in [1.54, 1.807) is 0 Å². The van der Waals surface area contributed by atoms with E-state index >= 15 is 0 Å². The molecule has 13 heteroatoms. The molecule has 4 unspecified atom stereocenters. The molecule has 0 bridgehead atoms. The standard InChI is InChI=1S/C18H30O13/c19-3-7-9(23)11(25)13(27)15(29-7)17(5-21)1-2-18(6-22,31-17)16-14(28)12(26)10(24)8(4-20)30-16/h1-2,7-16,19-28H,3-6H2/t7-,8-,9+,10+,11+,12+,13-,14-,15?,16?,17?,18?/m1/s1. The van der Waals surface area contributed by atoms with Gasteiger partial charge in [0.05, 0.1) is 26.4 Å². The predicted molar refractivity (Wildman–Crippen MR) is 97.4 cm³/mol. The molecule has 3 aliphatic rings. The molecule has 0 aromatic heterocycles. The van der Waals surface area contributed by atoms with Crippen molar-refractivity contribution in [3.63, 3.8) is 0 Å². The van der Waals surface area contributed by atoms with Gasteiger partial charge in [0, 0.05) is 0 Å². The van der Waals surface area contributed by atoms with Gasteiger partial charge in [-0.25, -0.2) is 0 Å². The van der Waals surface area contributed by atoms with Crippen LogP contribution in [0.4, 0.5) is 0 Å². The molecule has 0 aliphatic carbocycles. The molecule has 10 N–H and O–H groups in total. The van der Waals surface area contributed by atoms with E-state index in [1.807, 2.05) is 0 Å². The highest BCUT2D eigenvalue weighted by Crippen LogP contribution is 2.43. The van der Waals surface area contributed by atoms with Crippen molar-refractivity contribution < 1.29 is 65.3 Å². The molecular formula is C18H30O13. The van der Waals surface area contributed by atoms with Crippen LogP contribution in [-0.4, -0.2) is 150 Å². The Balaban J connectivity index is 1.92. The largest absolute Gasteiger partial charge is 0.394 e. The quantitative estimate of drug-likeness (QED) is 0.169. The zero-order valence-corrected chi connectivity index (χ0v) is 16.5. The van der Waals surface area contributed by atoms with Crippen LogP contribution in [0.25, 0.3) is 0 Å². The fourth-order valence-corrected chi connectivity index (χ4v) is 4.37. The Morgan fingerprint density at radius 1 is 0.548 bits per heavy atom. The first-order chi connectivity index (χ1) is 14.6. The first-order valence-corrected chi connectivity index (χ1v) is 9.84. The van der Waals surface area contributed by atoms with Crippen LogP contribution in [0.2, 0.25) is 0 Å². The minimum atomic E-state index is -1.92. The van der Waals surface area contributed by atoms with E-state index < -0.39 is 98.7 Å². The van der Waals surface area contributed by atoms with Crippen LogP contribution in [0.5, 0.6) is 0 Å².